The average molecular weight is 211 g/mol. The number of hydrogen-bond acceptors (Lipinski definition) is 3. The van der Waals surface area contributed by atoms with Gasteiger partial charge in [-0.1, -0.05) is 12.8 Å². The lowest BCUT2D eigenvalue weighted by atomic mass is 9.87. The fourth-order valence-electron chi connectivity index (χ4n) is 2.87. The van der Waals surface area contributed by atoms with Gasteiger partial charge in [0.2, 0.25) is 0 Å². The molecule has 2 fully saturated rings. The van der Waals surface area contributed by atoms with Crippen molar-refractivity contribution in [2.24, 2.45) is 5.41 Å². The second-order valence-electron chi connectivity index (χ2n) is 5.10. The molecule has 0 bridgehead atoms. The first kappa shape index (κ1) is 11.1. The number of hydrogen-bond donors (Lipinski definition) is 0. The molecule has 0 amide bonds. The Bertz CT molecular complexity index is 224. The maximum Gasteiger partial charge on any atom is 0.127 e. The molecule has 3 heteroatoms. The molecule has 2 rings (SSSR count). The largest absolute Gasteiger partial charge is 0.376 e. The summed E-state index contributed by atoms with van der Waals surface area (Å²) in [4.78, 5) is 13.6. The van der Waals surface area contributed by atoms with Gasteiger partial charge in [-0.25, -0.2) is 0 Å². The summed E-state index contributed by atoms with van der Waals surface area (Å²) in [6, 6.07) is 0. The summed E-state index contributed by atoms with van der Waals surface area (Å²) < 4.78 is 5.51. The zero-order valence-corrected chi connectivity index (χ0v) is 9.58. The van der Waals surface area contributed by atoms with Crippen LogP contribution in [-0.2, 0) is 9.53 Å². The Hall–Kier alpha value is -0.410. The molecule has 0 aromatic carbocycles. The number of carbonyl (C=O) groups excluding carboxylic acids is 1. The Kier molecular flexibility index (Phi) is 3.42. The molecule has 2 aliphatic rings. The van der Waals surface area contributed by atoms with Gasteiger partial charge >= 0.3 is 0 Å². The maximum absolute atomic E-state index is 11.2. The average Bonchev–Trinajstić information content (AvgIpc) is 2.67. The van der Waals surface area contributed by atoms with Crippen molar-refractivity contribution in [2.75, 3.05) is 26.2 Å². The number of rotatable bonds is 3. The highest BCUT2D eigenvalue weighted by molar-refractivity contribution is 5.60. The molecule has 0 spiro atoms. The Labute approximate surface area is 91.8 Å². The van der Waals surface area contributed by atoms with Crippen molar-refractivity contribution in [3.05, 3.63) is 0 Å². The van der Waals surface area contributed by atoms with Gasteiger partial charge in [0.25, 0.3) is 0 Å². The van der Waals surface area contributed by atoms with Crippen LogP contribution < -0.4 is 0 Å². The second-order valence-corrected chi connectivity index (χ2v) is 5.10. The SMILES string of the molecule is CC1CN(CC2(C=O)CCCC2)CCO1. The highest BCUT2D eigenvalue weighted by atomic mass is 16.5. The molecule has 0 aromatic heterocycles. The van der Waals surface area contributed by atoms with Crippen molar-refractivity contribution in [1.29, 1.82) is 0 Å². The van der Waals surface area contributed by atoms with Crippen LogP contribution in [0.25, 0.3) is 0 Å². The van der Waals surface area contributed by atoms with Crippen LogP contribution in [0.5, 0.6) is 0 Å². The molecule has 1 aliphatic carbocycles. The molecule has 0 aromatic rings. The van der Waals surface area contributed by atoms with Crippen molar-refractivity contribution >= 4 is 6.29 Å². The number of morpholine rings is 1. The third kappa shape index (κ3) is 2.58. The lowest BCUT2D eigenvalue weighted by molar-refractivity contribution is -0.118. The van der Waals surface area contributed by atoms with Gasteiger partial charge < -0.3 is 9.53 Å². The molecule has 86 valence electrons. The molecule has 1 unspecified atom stereocenters. The molecule has 1 atom stereocenters. The highest BCUT2D eigenvalue weighted by Gasteiger charge is 2.36. The summed E-state index contributed by atoms with van der Waals surface area (Å²) in [6.07, 6.45) is 6.14. The Morgan fingerprint density at radius 1 is 1.47 bits per heavy atom. The predicted octanol–water partition coefficient (Wildman–Crippen LogP) is 1.47. The van der Waals surface area contributed by atoms with E-state index in [0.717, 1.165) is 39.1 Å². The van der Waals surface area contributed by atoms with E-state index in [0.29, 0.717) is 6.10 Å². The van der Waals surface area contributed by atoms with Crippen LogP contribution in [0.2, 0.25) is 0 Å². The molecule has 15 heavy (non-hydrogen) atoms. The number of carbonyl (C=O) groups is 1. The van der Waals surface area contributed by atoms with E-state index in [4.69, 9.17) is 4.74 Å². The van der Waals surface area contributed by atoms with Gasteiger partial charge in [0.1, 0.15) is 6.29 Å². The third-order valence-electron chi connectivity index (χ3n) is 3.71. The van der Waals surface area contributed by atoms with Crippen LogP contribution in [0, 0.1) is 5.41 Å². The van der Waals surface area contributed by atoms with Crippen molar-refractivity contribution in [1.82, 2.24) is 4.90 Å². The minimum Gasteiger partial charge on any atom is -0.376 e. The number of aldehydes is 1. The van der Waals surface area contributed by atoms with Gasteiger partial charge in [-0.05, 0) is 19.8 Å². The van der Waals surface area contributed by atoms with Crippen LogP contribution in [0.15, 0.2) is 0 Å². The molecule has 3 nitrogen and oxygen atoms in total. The Balaban J connectivity index is 1.91. The molecule has 1 saturated carbocycles. The molecule has 0 N–H and O–H groups in total. The predicted molar refractivity (Wildman–Crippen MR) is 58.8 cm³/mol. The maximum atomic E-state index is 11.2. The topological polar surface area (TPSA) is 29.5 Å². The van der Waals surface area contributed by atoms with E-state index >= 15 is 0 Å². The van der Waals surface area contributed by atoms with Gasteiger partial charge in [0.05, 0.1) is 12.7 Å². The quantitative estimate of drug-likeness (QED) is 0.662. The summed E-state index contributed by atoms with van der Waals surface area (Å²) in [5, 5.41) is 0. The van der Waals surface area contributed by atoms with Crippen molar-refractivity contribution in [3.8, 4) is 0 Å². The second kappa shape index (κ2) is 4.62. The van der Waals surface area contributed by atoms with Gasteiger partial charge in [0.15, 0.2) is 0 Å². The molecular weight excluding hydrogens is 190 g/mol. The number of ether oxygens (including phenoxy) is 1. The molecule has 0 radical (unpaired) electrons. The summed E-state index contributed by atoms with van der Waals surface area (Å²) in [5.41, 5.74) is -0.0307. The van der Waals surface area contributed by atoms with Gasteiger partial charge in [-0.3, -0.25) is 4.90 Å². The molecule has 1 aliphatic heterocycles. The summed E-state index contributed by atoms with van der Waals surface area (Å²) in [5.74, 6) is 0. The lowest BCUT2D eigenvalue weighted by Gasteiger charge is -2.36. The fraction of sp³-hybridized carbons (Fsp3) is 0.917. The summed E-state index contributed by atoms with van der Waals surface area (Å²) in [7, 11) is 0. The lowest BCUT2D eigenvalue weighted by Crippen LogP contribution is -2.46. The minimum absolute atomic E-state index is 0.0307. The molecule has 1 heterocycles. The van der Waals surface area contributed by atoms with Crippen LogP contribution >= 0.6 is 0 Å². The Morgan fingerprint density at radius 3 is 2.80 bits per heavy atom. The smallest absolute Gasteiger partial charge is 0.127 e. The van der Waals surface area contributed by atoms with Crippen LogP contribution in [0.4, 0.5) is 0 Å². The standard InChI is InChI=1S/C12H21NO2/c1-11-8-13(6-7-15-11)9-12(10-14)4-2-3-5-12/h10-11H,2-9H2,1H3. The third-order valence-corrected chi connectivity index (χ3v) is 3.71. The normalized spacial score (nSPS) is 31.7. The van der Waals surface area contributed by atoms with Crippen LogP contribution in [0.1, 0.15) is 32.6 Å². The first-order valence-electron chi connectivity index (χ1n) is 6.04. The van der Waals surface area contributed by atoms with E-state index < -0.39 is 0 Å². The van der Waals surface area contributed by atoms with Crippen LogP contribution in [-0.4, -0.2) is 43.5 Å². The van der Waals surface area contributed by atoms with E-state index in [1.165, 1.54) is 19.1 Å². The summed E-state index contributed by atoms with van der Waals surface area (Å²) in [6.45, 7) is 5.84. The van der Waals surface area contributed by atoms with Crippen molar-refractivity contribution in [2.45, 2.75) is 38.7 Å². The number of nitrogens with zero attached hydrogens (tertiary/aromatic N) is 1. The van der Waals surface area contributed by atoms with Gasteiger partial charge in [-0.15, -0.1) is 0 Å². The Morgan fingerprint density at radius 2 is 2.20 bits per heavy atom. The minimum atomic E-state index is -0.0307. The van der Waals surface area contributed by atoms with Gasteiger partial charge in [-0.2, -0.15) is 0 Å². The molecule has 1 saturated heterocycles. The first-order valence-corrected chi connectivity index (χ1v) is 6.04. The van der Waals surface area contributed by atoms with E-state index in [9.17, 15) is 4.79 Å². The first-order chi connectivity index (χ1) is 7.24. The van der Waals surface area contributed by atoms with Gasteiger partial charge in [0, 0.05) is 25.0 Å². The zero-order chi connectivity index (χ0) is 10.7. The molecular formula is C12H21NO2. The highest BCUT2D eigenvalue weighted by Crippen LogP contribution is 2.37. The van der Waals surface area contributed by atoms with E-state index in [1.54, 1.807) is 0 Å². The van der Waals surface area contributed by atoms with Crippen molar-refractivity contribution < 1.29 is 9.53 Å². The van der Waals surface area contributed by atoms with Crippen molar-refractivity contribution in [3.63, 3.8) is 0 Å². The van der Waals surface area contributed by atoms with E-state index in [2.05, 4.69) is 11.8 Å². The zero-order valence-electron chi connectivity index (χ0n) is 9.58. The van der Waals surface area contributed by atoms with Crippen LogP contribution in [0.3, 0.4) is 0 Å². The fourth-order valence-corrected chi connectivity index (χ4v) is 2.87. The summed E-state index contributed by atoms with van der Waals surface area (Å²) >= 11 is 0. The van der Waals surface area contributed by atoms with E-state index in [1.807, 2.05) is 0 Å². The van der Waals surface area contributed by atoms with E-state index in [-0.39, 0.29) is 5.41 Å². The monoisotopic (exact) mass is 211 g/mol.